The van der Waals surface area contributed by atoms with Crippen LogP contribution in [0.1, 0.15) is 42.3 Å². The van der Waals surface area contributed by atoms with Gasteiger partial charge < -0.3 is 9.84 Å². The molecular weight excluding hydrogens is 318 g/mol. The number of nitrogens with zero attached hydrogens (tertiary/aromatic N) is 2. The lowest BCUT2D eigenvalue weighted by Gasteiger charge is -2.19. The van der Waals surface area contributed by atoms with Crippen molar-refractivity contribution in [3.05, 3.63) is 33.6 Å². The van der Waals surface area contributed by atoms with E-state index in [0.717, 1.165) is 23.0 Å². The van der Waals surface area contributed by atoms with Crippen LogP contribution in [-0.4, -0.2) is 16.7 Å². The molecule has 2 heterocycles. The van der Waals surface area contributed by atoms with Gasteiger partial charge in [-0.25, -0.2) is 0 Å². The second-order valence-corrected chi connectivity index (χ2v) is 6.18. The average molecular weight is 336 g/mol. The molecule has 106 valence electrons. The number of hydrogen-bond donors (Lipinski definition) is 1. The van der Waals surface area contributed by atoms with E-state index >= 15 is 0 Å². The Balaban J connectivity index is 1.89. The molecule has 0 amide bonds. The maximum Gasteiger partial charge on any atom is 0.244 e. The van der Waals surface area contributed by atoms with E-state index in [1.54, 1.807) is 0 Å². The highest BCUT2D eigenvalue weighted by Crippen LogP contribution is 2.28. The highest BCUT2D eigenvalue weighted by atomic mass is 79.9. The zero-order valence-corrected chi connectivity index (χ0v) is 13.3. The van der Waals surface area contributed by atoms with Gasteiger partial charge in [0.05, 0.1) is 6.04 Å². The van der Waals surface area contributed by atoms with E-state index in [-0.39, 0.29) is 6.04 Å². The number of halogens is 1. The highest BCUT2D eigenvalue weighted by Gasteiger charge is 2.21. The van der Waals surface area contributed by atoms with Crippen molar-refractivity contribution in [3.8, 4) is 11.4 Å². The predicted octanol–water partition coefficient (Wildman–Crippen LogP) is 3.93. The van der Waals surface area contributed by atoms with Crippen LogP contribution in [0.15, 0.2) is 21.1 Å². The molecule has 20 heavy (non-hydrogen) atoms. The smallest absolute Gasteiger partial charge is 0.244 e. The van der Waals surface area contributed by atoms with Crippen LogP contribution in [0.5, 0.6) is 0 Å². The first-order valence-electron chi connectivity index (χ1n) is 6.99. The average Bonchev–Trinajstić information content (AvgIpc) is 2.95. The first-order valence-corrected chi connectivity index (χ1v) is 7.78. The second-order valence-electron chi connectivity index (χ2n) is 5.38. The molecule has 1 N–H and O–H groups in total. The highest BCUT2D eigenvalue weighted by molar-refractivity contribution is 9.10. The van der Waals surface area contributed by atoms with Crippen LogP contribution in [0, 0.1) is 13.8 Å². The van der Waals surface area contributed by atoms with Gasteiger partial charge in [-0.05, 0) is 56.5 Å². The van der Waals surface area contributed by atoms with Crippen molar-refractivity contribution in [2.75, 3.05) is 6.54 Å². The van der Waals surface area contributed by atoms with Crippen LogP contribution in [-0.2, 0) is 0 Å². The summed E-state index contributed by atoms with van der Waals surface area (Å²) >= 11 is 3.58. The van der Waals surface area contributed by atoms with E-state index in [1.165, 1.54) is 24.0 Å². The van der Waals surface area contributed by atoms with Crippen molar-refractivity contribution in [1.29, 1.82) is 0 Å². The molecule has 1 atom stereocenters. The van der Waals surface area contributed by atoms with E-state index in [4.69, 9.17) is 4.52 Å². The van der Waals surface area contributed by atoms with Crippen LogP contribution >= 0.6 is 15.9 Å². The first-order chi connectivity index (χ1) is 9.65. The van der Waals surface area contributed by atoms with Crippen molar-refractivity contribution < 1.29 is 4.52 Å². The summed E-state index contributed by atoms with van der Waals surface area (Å²) in [7, 11) is 0. The molecule has 4 nitrogen and oxygen atoms in total. The van der Waals surface area contributed by atoms with Gasteiger partial charge in [-0.15, -0.1) is 0 Å². The van der Waals surface area contributed by atoms with Crippen molar-refractivity contribution in [2.45, 2.75) is 39.2 Å². The van der Waals surface area contributed by atoms with Crippen molar-refractivity contribution in [2.24, 2.45) is 0 Å². The van der Waals surface area contributed by atoms with Gasteiger partial charge in [0.15, 0.2) is 0 Å². The molecule has 0 unspecified atom stereocenters. The Morgan fingerprint density at radius 1 is 1.25 bits per heavy atom. The summed E-state index contributed by atoms with van der Waals surface area (Å²) in [5, 5.41) is 7.56. The van der Waals surface area contributed by atoms with E-state index < -0.39 is 0 Å². The molecule has 0 spiro atoms. The van der Waals surface area contributed by atoms with Crippen molar-refractivity contribution >= 4 is 15.9 Å². The lowest BCUT2D eigenvalue weighted by Crippen LogP contribution is -2.26. The summed E-state index contributed by atoms with van der Waals surface area (Å²) < 4.78 is 6.57. The fourth-order valence-electron chi connectivity index (χ4n) is 2.63. The van der Waals surface area contributed by atoms with Crippen LogP contribution in [0.4, 0.5) is 0 Å². The van der Waals surface area contributed by atoms with Crippen LogP contribution < -0.4 is 5.32 Å². The Labute approximate surface area is 127 Å². The summed E-state index contributed by atoms with van der Waals surface area (Å²) in [6.07, 6.45) is 3.51. The Morgan fingerprint density at radius 2 is 2.00 bits per heavy atom. The van der Waals surface area contributed by atoms with Crippen LogP contribution in [0.25, 0.3) is 11.4 Å². The maximum atomic E-state index is 5.43. The minimum Gasteiger partial charge on any atom is -0.337 e. The molecule has 1 aliphatic heterocycles. The fourth-order valence-corrected chi connectivity index (χ4v) is 2.86. The predicted molar refractivity (Wildman–Crippen MR) is 81.5 cm³/mol. The van der Waals surface area contributed by atoms with Crippen LogP contribution in [0.3, 0.4) is 0 Å². The van der Waals surface area contributed by atoms with Gasteiger partial charge in [-0.2, -0.15) is 4.98 Å². The largest absolute Gasteiger partial charge is 0.337 e. The number of rotatable bonds is 2. The Kier molecular flexibility index (Phi) is 3.89. The van der Waals surface area contributed by atoms with Gasteiger partial charge in [0.1, 0.15) is 0 Å². The topological polar surface area (TPSA) is 51.0 Å². The molecule has 1 aromatic carbocycles. The van der Waals surface area contributed by atoms with E-state index in [0.29, 0.717) is 11.7 Å². The zero-order valence-electron chi connectivity index (χ0n) is 11.7. The lowest BCUT2D eigenvalue weighted by molar-refractivity contribution is 0.297. The molecule has 1 aromatic heterocycles. The third-order valence-electron chi connectivity index (χ3n) is 3.74. The molecule has 1 saturated heterocycles. The Hall–Kier alpha value is -1.20. The molecular formula is C15H18BrN3O. The number of nitrogens with one attached hydrogen (secondary N) is 1. The molecule has 0 saturated carbocycles. The third kappa shape index (κ3) is 2.65. The van der Waals surface area contributed by atoms with Crippen LogP contribution in [0.2, 0.25) is 0 Å². The number of piperidine rings is 1. The SMILES string of the molecule is Cc1cc(-c2noc([C@@H]3CCCCN3)n2)cc(C)c1Br. The van der Waals surface area contributed by atoms with E-state index in [9.17, 15) is 0 Å². The van der Waals surface area contributed by atoms with Gasteiger partial charge in [0, 0.05) is 10.0 Å². The molecule has 0 bridgehead atoms. The molecule has 0 radical (unpaired) electrons. The number of hydrogen-bond acceptors (Lipinski definition) is 4. The molecule has 5 heteroatoms. The molecule has 3 rings (SSSR count). The van der Waals surface area contributed by atoms with Gasteiger partial charge in [-0.3, -0.25) is 0 Å². The summed E-state index contributed by atoms with van der Waals surface area (Å²) in [6, 6.07) is 4.38. The standard InChI is InChI=1S/C15H18BrN3O/c1-9-7-11(8-10(2)13(9)16)14-18-15(20-19-14)12-5-3-4-6-17-12/h7-8,12,17H,3-6H2,1-2H3/t12-/m0/s1. The fraction of sp³-hybridized carbons (Fsp3) is 0.467. The summed E-state index contributed by atoms with van der Waals surface area (Å²) in [4.78, 5) is 4.56. The lowest BCUT2D eigenvalue weighted by atomic mass is 10.0. The van der Waals surface area contributed by atoms with Gasteiger partial charge in [-0.1, -0.05) is 27.5 Å². The van der Waals surface area contributed by atoms with Crippen molar-refractivity contribution in [3.63, 3.8) is 0 Å². The van der Waals surface area contributed by atoms with Gasteiger partial charge in [0.2, 0.25) is 11.7 Å². The first kappa shape index (κ1) is 13.8. The quantitative estimate of drug-likeness (QED) is 0.903. The van der Waals surface area contributed by atoms with Crippen molar-refractivity contribution in [1.82, 2.24) is 15.5 Å². The zero-order chi connectivity index (χ0) is 14.1. The maximum absolute atomic E-state index is 5.43. The summed E-state index contributed by atoms with van der Waals surface area (Å²) in [5.41, 5.74) is 3.37. The number of aryl methyl sites for hydroxylation is 2. The molecule has 0 aliphatic carbocycles. The summed E-state index contributed by atoms with van der Waals surface area (Å²) in [5.74, 6) is 1.38. The minimum atomic E-state index is 0.211. The Morgan fingerprint density at radius 3 is 2.65 bits per heavy atom. The Bertz CT molecular complexity index is 594. The van der Waals surface area contributed by atoms with E-state index in [1.807, 2.05) is 0 Å². The third-order valence-corrected chi connectivity index (χ3v) is 5.00. The minimum absolute atomic E-state index is 0.211. The van der Waals surface area contributed by atoms with E-state index in [2.05, 4.69) is 57.4 Å². The second kappa shape index (κ2) is 5.66. The molecule has 2 aromatic rings. The molecule has 1 fully saturated rings. The summed E-state index contributed by atoms with van der Waals surface area (Å²) in [6.45, 7) is 5.17. The number of aromatic nitrogens is 2. The van der Waals surface area contributed by atoms with Gasteiger partial charge >= 0.3 is 0 Å². The monoisotopic (exact) mass is 335 g/mol. The normalized spacial score (nSPS) is 19.2. The molecule has 1 aliphatic rings. The van der Waals surface area contributed by atoms with Gasteiger partial charge in [0.25, 0.3) is 0 Å². The number of benzene rings is 1.